The molecule has 0 aliphatic heterocycles. The molecule has 0 aliphatic rings. The van der Waals surface area contributed by atoms with Crippen LogP contribution in [0.15, 0.2) is 0 Å². The van der Waals surface area contributed by atoms with E-state index in [0.29, 0.717) is 11.7 Å². The second kappa shape index (κ2) is 6.14. The molecule has 78 valence electrons. The number of Topliss-reactive ketones (excluding diaryl/α,β-unsaturated/α-hetero) is 1. The Morgan fingerprint density at radius 2 is 1.85 bits per heavy atom. The smallest absolute Gasteiger partial charge is 0.138 e. The number of aliphatic hydroxyl groups is 1. The fourth-order valence-corrected chi connectivity index (χ4v) is 1.38. The fourth-order valence-electron chi connectivity index (χ4n) is 1.38. The van der Waals surface area contributed by atoms with Gasteiger partial charge in [0.05, 0.1) is 0 Å². The molecule has 0 heterocycles. The van der Waals surface area contributed by atoms with Crippen LogP contribution in [0.4, 0.5) is 0 Å². The van der Waals surface area contributed by atoms with Crippen LogP contribution >= 0.6 is 0 Å². The molecule has 0 radical (unpaired) electrons. The van der Waals surface area contributed by atoms with Gasteiger partial charge < -0.3 is 5.11 Å². The first-order chi connectivity index (χ1) is 6.04. The minimum absolute atomic E-state index is 0.0853. The summed E-state index contributed by atoms with van der Waals surface area (Å²) in [5, 5.41) is 8.75. The third-order valence-corrected chi connectivity index (χ3v) is 2.98. The van der Waals surface area contributed by atoms with Crippen molar-refractivity contribution in [1.82, 2.24) is 0 Å². The van der Waals surface area contributed by atoms with Crippen molar-refractivity contribution in [2.75, 3.05) is 6.61 Å². The van der Waals surface area contributed by atoms with Crippen molar-refractivity contribution < 1.29 is 9.90 Å². The Kier molecular flexibility index (Phi) is 5.97. The Balaban J connectivity index is 4.08. The van der Waals surface area contributed by atoms with Crippen molar-refractivity contribution in [2.24, 2.45) is 17.8 Å². The highest BCUT2D eigenvalue weighted by Gasteiger charge is 2.23. The van der Waals surface area contributed by atoms with Crippen LogP contribution in [-0.2, 0) is 4.79 Å². The number of hydrogen-bond donors (Lipinski definition) is 1. The first kappa shape index (κ1) is 12.6. The van der Waals surface area contributed by atoms with Gasteiger partial charge in [0, 0.05) is 18.4 Å². The molecule has 0 aromatic heterocycles. The first-order valence-electron chi connectivity index (χ1n) is 5.19. The number of rotatable bonds is 6. The summed E-state index contributed by atoms with van der Waals surface area (Å²) in [6, 6.07) is 0. The zero-order valence-corrected chi connectivity index (χ0v) is 9.21. The van der Waals surface area contributed by atoms with Crippen LogP contribution in [0.2, 0.25) is 0 Å². The van der Waals surface area contributed by atoms with Crippen molar-refractivity contribution >= 4 is 5.78 Å². The molecule has 0 aromatic carbocycles. The lowest BCUT2D eigenvalue weighted by Crippen LogP contribution is -2.24. The Labute approximate surface area is 81.3 Å². The summed E-state index contributed by atoms with van der Waals surface area (Å²) in [6.45, 7) is 8.19. The largest absolute Gasteiger partial charge is 0.396 e. The van der Waals surface area contributed by atoms with Crippen LogP contribution in [0.25, 0.3) is 0 Å². The van der Waals surface area contributed by atoms with Crippen molar-refractivity contribution in [3.63, 3.8) is 0 Å². The predicted octanol–water partition coefficient (Wildman–Crippen LogP) is 2.26. The van der Waals surface area contributed by atoms with Crippen LogP contribution in [-0.4, -0.2) is 17.5 Å². The summed E-state index contributed by atoms with van der Waals surface area (Å²) in [7, 11) is 0. The second-order valence-corrected chi connectivity index (χ2v) is 3.99. The SMILES string of the molecule is CCC(C)C(=O)C(C)C(C)CCO. The molecular formula is C11H22O2. The van der Waals surface area contributed by atoms with Crippen molar-refractivity contribution in [3.05, 3.63) is 0 Å². The minimum Gasteiger partial charge on any atom is -0.396 e. The van der Waals surface area contributed by atoms with Crippen LogP contribution in [0.1, 0.15) is 40.5 Å². The molecule has 2 heteroatoms. The summed E-state index contributed by atoms with van der Waals surface area (Å²) in [6.07, 6.45) is 1.64. The first-order valence-corrected chi connectivity index (χ1v) is 5.19. The van der Waals surface area contributed by atoms with E-state index in [1.165, 1.54) is 0 Å². The maximum absolute atomic E-state index is 11.7. The van der Waals surface area contributed by atoms with E-state index in [1.54, 1.807) is 0 Å². The number of carbonyl (C=O) groups excluding carboxylic acids is 1. The molecule has 0 aliphatic carbocycles. The summed E-state index contributed by atoms with van der Waals surface area (Å²) in [4.78, 5) is 11.7. The average Bonchev–Trinajstić information content (AvgIpc) is 2.14. The predicted molar refractivity (Wildman–Crippen MR) is 54.5 cm³/mol. The third kappa shape index (κ3) is 3.90. The molecule has 0 saturated heterocycles. The summed E-state index contributed by atoms with van der Waals surface area (Å²) in [5.74, 6) is 0.883. The maximum atomic E-state index is 11.7. The molecule has 0 saturated carbocycles. The van der Waals surface area contributed by atoms with Crippen molar-refractivity contribution in [3.8, 4) is 0 Å². The molecule has 3 unspecified atom stereocenters. The zero-order chi connectivity index (χ0) is 10.4. The third-order valence-electron chi connectivity index (χ3n) is 2.98. The summed E-state index contributed by atoms with van der Waals surface area (Å²) in [5.41, 5.74) is 0. The van der Waals surface area contributed by atoms with Gasteiger partial charge in [0.25, 0.3) is 0 Å². The van der Waals surface area contributed by atoms with Crippen molar-refractivity contribution in [2.45, 2.75) is 40.5 Å². The van der Waals surface area contributed by atoms with E-state index >= 15 is 0 Å². The summed E-state index contributed by atoms with van der Waals surface area (Å²) >= 11 is 0. The maximum Gasteiger partial charge on any atom is 0.138 e. The van der Waals surface area contributed by atoms with E-state index in [4.69, 9.17) is 5.11 Å². The van der Waals surface area contributed by atoms with Gasteiger partial charge in [-0.3, -0.25) is 4.79 Å². The molecule has 1 N–H and O–H groups in total. The van der Waals surface area contributed by atoms with E-state index < -0.39 is 0 Å². The lowest BCUT2D eigenvalue weighted by atomic mass is 9.84. The van der Waals surface area contributed by atoms with Gasteiger partial charge in [0.2, 0.25) is 0 Å². The number of aliphatic hydroxyl groups excluding tert-OH is 1. The van der Waals surface area contributed by atoms with E-state index in [1.807, 2.05) is 27.7 Å². The van der Waals surface area contributed by atoms with Crippen LogP contribution in [0.3, 0.4) is 0 Å². The van der Waals surface area contributed by atoms with Gasteiger partial charge in [0.15, 0.2) is 0 Å². The Bertz CT molecular complexity index is 154. The van der Waals surface area contributed by atoms with Gasteiger partial charge in [-0.1, -0.05) is 27.7 Å². The zero-order valence-electron chi connectivity index (χ0n) is 9.21. The Hall–Kier alpha value is -0.370. The van der Waals surface area contributed by atoms with Crippen LogP contribution in [0.5, 0.6) is 0 Å². The standard InChI is InChI=1S/C11H22O2/c1-5-8(2)11(13)10(4)9(3)6-7-12/h8-10,12H,5-7H2,1-4H3. The van der Waals surface area contributed by atoms with E-state index in [9.17, 15) is 4.79 Å². The molecular weight excluding hydrogens is 164 g/mol. The minimum atomic E-state index is 0.0853. The van der Waals surface area contributed by atoms with E-state index in [-0.39, 0.29) is 18.4 Å². The van der Waals surface area contributed by atoms with E-state index in [2.05, 4.69) is 0 Å². The van der Waals surface area contributed by atoms with Gasteiger partial charge in [-0.05, 0) is 18.8 Å². The Morgan fingerprint density at radius 3 is 2.23 bits per heavy atom. The highest BCUT2D eigenvalue weighted by molar-refractivity contribution is 5.82. The molecule has 0 fully saturated rings. The van der Waals surface area contributed by atoms with Crippen molar-refractivity contribution in [1.29, 1.82) is 0 Å². The molecule has 3 atom stereocenters. The van der Waals surface area contributed by atoms with Crippen LogP contribution in [0, 0.1) is 17.8 Å². The average molecular weight is 186 g/mol. The number of hydrogen-bond acceptors (Lipinski definition) is 2. The van der Waals surface area contributed by atoms with Gasteiger partial charge >= 0.3 is 0 Å². The second-order valence-electron chi connectivity index (χ2n) is 3.99. The van der Waals surface area contributed by atoms with Gasteiger partial charge in [-0.15, -0.1) is 0 Å². The molecule has 0 aromatic rings. The Morgan fingerprint density at radius 1 is 1.31 bits per heavy atom. The lowest BCUT2D eigenvalue weighted by molar-refractivity contribution is -0.127. The molecule has 13 heavy (non-hydrogen) atoms. The van der Waals surface area contributed by atoms with Gasteiger partial charge in [0.1, 0.15) is 5.78 Å². The van der Waals surface area contributed by atoms with Crippen LogP contribution < -0.4 is 0 Å². The summed E-state index contributed by atoms with van der Waals surface area (Å²) < 4.78 is 0. The lowest BCUT2D eigenvalue weighted by Gasteiger charge is -2.20. The van der Waals surface area contributed by atoms with Gasteiger partial charge in [-0.2, -0.15) is 0 Å². The quantitative estimate of drug-likeness (QED) is 0.691. The topological polar surface area (TPSA) is 37.3 Å². The fraction of sp³-hybridized carbons (Fsp3) is 0.909. The molecule has 0 amide bonds. The van der Waals surface area contributed by atoms with Gasteiger partial charge in [-0.25, -0.2) is 0 Å². The number of carbonyl (C=O) groups is 1. The van der Waals surface area contributed by atoms with E-state index in [0.717, 1.165) is 12.8 Å². The normalized spacial score (nSPS) is 17.9. The monoisotopic (exact) mass is 186 g/mol. The molecule has 0 spiro atoms. The molecule has 0 bridgehead atoms. The molecule has 0 rings (SSSR count). The molecule has 2 nitrogen and oxygen atoms in total. The highest BCUT2D eigenvalue weighted by Crippen LogP contribution is 2.20. The highest BCUT2D eigenvalue weighted by atomic mass is 16.3. The number of ketones is 1.